The van der Waals surface area contributed by atoms with E-state index in [1.165, 1.54) is 33.6 Å². The van der Waals surface area contributed by atoms with Crippen molar-refractivity contribution in [3.05, 3.63) is 32.5 Å². The molecular weight excluding hydrogens is 380 g/mol. The highest BCUT2D eigenvalue weighted by atomic mass is 32.2. The minimum atomic E-state index is -3.86. The van der Waals surface area contributed by atoms with Crippen molar-refractivity contribution in [1.29, 1.82) is 0 Å². The average Bonchev–Trinajstić information content (AvgIpc) is 3.07. The van der Waals surface area contributed by atoms with Gasteiger partial charge in [0.1, 0.15) is 0 Å². The van der Waals surface area contributed by atoms with Gasteiger partial charge in [-0.25, -0.2) is 4.98 Å². The molecule has 2 rings (SSSR count). The first kappa shape index (κ1) is 20.0. The number of thiophene rings is 1. The molecule has 2 aromatic rings. The van der Waals surface area contributed by atoms with Gasteiger partial charge in [-0.1, -0.05) is 0 Å². The number of nitrogens with zero attached hydrogens (tertiary/aromatic N) is 1. The molecule has 2 heterocycles. The van der Waals surface area contributed by atoms with Crippen molar-refractivity contribution in [1.82, 2.24) is 4.98 Å². The Bertz CT molecular complexity index is 824. The van der Waals surface area contributed by atoms with Crippen LogP contribution in [-0.2, 0) is 34.2 Å². The minimum absolute atomic E-state index is 0.117. The summed E-state index contributed by atoms with van der Waals surface area (Å²) in [7, 11) is -3.86. The highest BCUT2D eigenvalue weighted by Crippen LogP contribution is 2.25. The fraction of sp³-hybridized carbons (Fsp3) is 0.500. The third-order valence-corrected chi connectivity index (χ3v) is 6.56. The van der Waals surface area contributed by atoms with Gasteiger partial charge in [-0.2, -0.15) is 8.42 Å². The summed E-state index contributed by atoms with van der Waals surface area (Å²) in [5, 5.41) is 5.28. The Hall–Kier alpha value is -1.29. The van der Waals surface area contributed by atoms with Crippen molar-refractivity contribution in [2.45, 2.75) is 46.0 Å². The Morgan fingerprint density at radius 2 is 2.04 bits per heavy atom. The molecule has 2 N–H and O–H groups in total. The van der Waals surface area contributed by atoms with Crippen molar-refractivity contribution in [2.75, 3.05) is 11.1 Å². The van der Waals surface area contributed by atoms with Crippen LogP contribution in [-0.4, -0.2) is 29.6 Å². The number of amides is 1. The summed E-state index contributed by atoms with van der Waals surface area (Å²) < 4.78 is 30.2. The number of unbranched alkanes of at least 4 members (excludes halogenated alkanes) is 1. The van der Waals surface area contributed by atoms with E-state index in [9.17, 15) is 13.2 Å². The van der Waals surface area contributed by atoms with E-state index in [0.717, 1.165) is 31.4 Å². The Kier molecular flexibility index (Phi) is 7.12. The second-order valence-electron chi connectivity index (χ2n) is 5.89. The number of hydrogen-bond donors (Lipinski definition) is 2. The molecule has 0 radical (unpaired) electrons. The zero-order valence-corrected chi connectivity index (χ0v) is 16.7. The van der Waals surface area contributed by atoms with Crippen LogP contribution in [0.4, 0.5) is 5.13 Å². The highest BCUT2D eigenvalue weighted by molar-refractivity contribution is 7.85. The van der Waals surface area contributed by atoms with Gasteiger partial charge >= 0.3 is 0 Å². The first-order valence-electron chi connectivity index (χ1n) is 7.98. The quantitative estimate of drug-likeness (QED) is 0.494. The van der Waals surface area contributed by atoms with Gasteiger partial charge in [-0.3, -0.25) is 9.35 Å². The lowest BCUT2D eigenvalue weighted by Gasteiger charge is -1.99. The molecule has 0 spiro atoms. The Morgan fingerprint density at radius 1 is 1.28 bits per heavy atom. The summed E-state index contributed by atoms with van der Waals surface area (Å²) in [5.41, 5.74) is 2.19. The fourth-order valence-electron chi connectivity index (χ4n) is 2.41. The summed E-state index contributed by atoms with van der Waals surface area (Å²) in [4.78, 5) is 17.9. The van der Waals surface area contributed by atoms with Gasteiger partial charge in [-0.15, -0.1) is 22.7 Å². The molecule has 0 saturated heterocycles. The van der Waals surface area contributed by atoms with Crippen LogP contribution in [0.15, 0.2) is 11.4 Å². The number of hydrogen-bond acceptors (Lipinski definition) is 6. The van der Waals surface area contributed by atoms with Gasteiger partial charge in [0.05, 0.1) is 11.4 Å². The average molecular weight is 403 g/mol. The molecule has 25 heavy (non-hydrogen) atoms. The predicted octanol–water partition coefficient (Wildman–Crippen LogP) is 3.47. The normalized spacial score (nSPS) is 11.6. The summed E-state index contributed by atoms with van der Waals surface area (Å²) >= 11 is 3.18. The summed E-state index contributed by atoms with van der Waals surface area (Å²) in [5.74, 6) is -0.293. The number of anilines is 1. The van der Waals surface area contributed by atoms with Crippen LogP contribution in [0.2, 0.25) is 0 Å². The Balaban J connectivity index is 1.83. The van der Waals surface area contributed by atoms with E-state index in [0.29, 0.717) is 11.6 Å². The molecule has 0 fully saturated rings. The highest BCUT2D eigenvalue weighted by Gasteiger charge is 2.09. The molecule has 138 valence electrons. The number of nitrogens with one attached hydrogen (secondary N) is 1. The standard InChI is InChI=1S/C16H22N2O4S3/c1-11-9-14(24-15(11)5-3-4-8-25(20,21)22)7-6-13-10-23-16(18-13)17-12(2)19/h9-10H,3-8H2,1-2H3,(H,17,18,19)(H,20,21,22). The zero-order chi connectivity index (χ0) is 18.4. The molecule has 0 bridgehead atoms. The smallest absolute Gasteiger partial charge is 0.264 e. The molecule has 9 heteroatoms. The monoisotopic (exact) mass is 402 g/mol. The number of aromatic nitrogens is 1. The van der Waals surface area contributed by atoms with Gasteiger partial charge in [-0.05, 0) is 50.7 Å². The molecule has 0 aromatic carbocycles. The van der Waals surface area contributed by atoms with Crippen LogP contribution in [0.3, 0.4) is 0 Å². The van der Waals surface area contributed by atoms with Crippen molar-refractivity contribution < 1.29 is 17.8 Å². The lowest BCUT2D eigenvalue weighted by molar-refractivity contribution is -0.114. The molecule has 0 saturated carbocycles. The molecule has 0 atom stereocenters. The maximum Gasteiger partial charge on any atom is 0.264 e. The maximum atomic E-state index is 11.0. The van der Waals surface area contributed by atoms with Crippen molar-refractivity contribution >= 4 is 43.8 Å². The van der Waals surface area contributed by atoms with E-state index in [-0.39, 0.29) is 11.7 Å². The molecule has 0 aliphatic heterocycles. The number of carbonyl (C=O) groups is 1. The van der Waals surface area contributed by atoms with Gasteiger partial charge < -0.3 is 5.32 Å². The van der Waals surface area contributed by atoms with E-state index < -0.39 is 10.1 Å². The predicted molar refractivity (Wildman–Crippen MR) is 102 cm³/mol. The first-order chi connectivity index (χ1) is 11.7. The minimum Gasteiger partial charge on any atom is -0.302 e. The van der Waals surface area contributed by atoms with Crippen molar-refractivity contribution in [3.63, 3.8) is 0 Å². The third-order valence-electron chi connectivity index (χ3n) is 3.59. The molecule has 0 unspecified atom stereocenters. The zero-order valence-electron chi connectivity index (χ0n) is 14.2. The largest absolute Gasteiger partial charge is 0.302 e. The van der Waals surface area contributed by atoms with E-state index in [2.05, 4.69) is 23.3 Å². The summed E-state index contributed by atoms with van der Waals surface area (Å²) in [6, 6.07) is 2.17. The maximum absolute atomic E-state index is 11.0. The second kappa shape index (κ2) is 8.88. The number of carbonyl (C=O) groups excluding carboxylic acids is 1. The van der Waals surface area contributed by atoms with E-state index in [1.807, 2.05) is 5.38 Å². The molecule has 6 nitrogen and oxygen atoms in total. The third kappa shape index (κ3) is 7.23. The van der Waals surface area contributed by atoms with Gasteiger partial charge in [0.25, 0.3) is 10.1 Å². The van der Waals surface area contributed by atoms with Crippen LogP contribution in [0.1, 0.15) is 40.8 Å². The lowest BCUT2D eigenvalue weighted by Crippen LogP contribution is -2.05. The van der Waals surface area contributed by atoms with E-state index in [1.54, 1.807) is 11.3 Å². The fourth-order valence-corrected chi connectivity index (χ4v) is 5.00. The van der Waals surface area contributed by atoms with Crippen molar-refractivity contribution in [3.8, 4) is 0 Å². The number of thiazole rings is 1. The van der Waals surface area contributed by atoms with Gasteiger partial charge in [0, 0.05) is 22.1 Å². The van der Waals surface area contributed by atoms with E-state index in [4.69, 9.17) is 4.55 Å². The van der Waals surface area contributed by atoms with Gasteiger partial charge in [0.2, 0.25) is 5.91 Å². The topological polar surface area (TPSA) is 96.4 Å². The molecule has 0 aliphatic carbocycles. The van der Waals surface area contributed by atoms with Crippen molar-refractivity contribution in [2.24, 2.45) is 0 Å². The molecular formula is C16H22N2O4S3. The van der Waals surface area contributed by atoms with Crippen LogP contribution < -0.4 is 5.32 Å². The van der Waals surface area contributed by atoms with Crippen LogP contribution in [0, 0.1) is 6.92 Å². The Labute approximate surface area is 156 Å². The molecule has 0 aliphatic rings. The number of rotatable bonds is 9. The Morgan fingerprint density at radius 3 is 2.72 bits per heavy atom. The molecule has 2 aromatic heterocycles. The van der Waals surface area contributed by atoms with Crippen LogP contribution in [0.5, 0.6) is 0 Å². The lowest BCUT2D eigenvalue weighted by atomic mass is 10.1. The SMILES string of the molecule is CC(=O)Nc1nc(CCc2cc(C)c(CCCCS(=O)(=O)O)s2)cs1. The first-order valence-corrected chi connectivity index (χ1v) is 11.3. The second-order valence-corrected chi connectivity index (χ2v) is 9.54. The summed E-state index contributed by atoms with van der Waals surface area (Å²) in [6.45, 7) is 3.53. The number of aryl methyl sites for hydroxylation is 4. The van der Waals surface area contributed by atoms with Crippen LogP contribution >= 0.6 is 22.7 Å². The summed E-state index contributed by atoms with van der Waals surface area (Å²) in [6.07, 6.45) is 3.75. The van der Waals surface area contributed by atoms with Gasteiger partial charge in [0.15, 0.2) is 5.13 Å². The molecule has 1 amide bonds. The van der Waals surface area contributed by atoms with E-state index >= 15 is 0 Å². The van der Waals surface area contributed by atoms with Crippen LogP contribution in [0.25, 0.3) is 0 Å².